The van der Waals surface area contributed by atoms with Gasteiger partial charge in [0, 0.05) is 12.2 Å². The topological polar surface area (TPSA) is 17.8 Å². The molecule has 0 unspecified atom stereocenters. The smallest absolute Gasteiger partial charge is 0.105 e. The van der Waals surface area contributed by atoms with E-state index in [4.69, 9.17) is 12.2 Å². The van der Waals surface area contributed by atoms with Gasteiger partial charge in [-0.3, -0.25) is 0 Å². The van der Waals surface area contributed by atoms with Crippen molar-refractivity contribution in [2.75, 3.05) is 0 Å². The molecule has 4 heteroatoms. The summed E-state index contributed by atoms with van der Waals surface area (Å²) in [5.74, 6) is 0. The zero-order valence-electron chi connectivity index (χ0n) is 6.48. The van der Waals surface area contributed by atoms with Gasteiger partial charge in [0.25, 0.3) is 0 Å². The summed E-state index contributed by atoms with van der Waals surface area (Å²) < 4.78 is 2.54. The Morgan fingerprint density at radius 2 is 2.36 bits per heavy atom. The van der Waals surface area contributed by atoms with E-state index in [9.17, 15) is 0 Å². The average molecular weight is 186 g/mol. The number of rotatable bonds is 2. The molecule has 2 nitrogen and oxygen atoms in total. The zero-order chi connectivity index (χ0) is 8.43. The summed E-state index contributed by atoms with van der Waals surface area (Å²) in [4.78, 5) is 4.08. The highest BCUT2D eigenvalue weighted by molar-refractivity contribution is 8.11. The largest absolute Gasteiger partial charge is 0.334 e. The van der Waals surface area contributed by atoms with Crippen molar-refractivity contribution in [2.45, 2.75) is 19.9 Å². The highest BCUT2D eigenvalue weighted by Crippen LogP contribution is 2.07. The van der Waals surface area contributed by atoms with Crippen molar-refractivity contribution in [3.8, 4) is 0 Å². The van der Waals surface area contributed by atoms with Crippen LogP contribution in [-0.4, -0.2) is 13.7 Å². The summed E-state index contributed by atoms with van der Waals surface area (Å²) in [5, 5.41) is 0. The van der Waals surface area contributed by atoms with Crippen LogP contribution in [0, 0.1) is 0 Å². The van der Waals surface area contributed by atoms with Crippen LogP contribution in [0.25, 0.3) is 0 Å². The van der Waals surface area contributed by atoms with Crippen molar-refractivity contribution < 1.29 is 0 Å². The van der Waals surface area contributed by atoms with Crippen LogP contribution in [-0.2, 0) is 0 Å². The van der Waals surface area contributed by atoms with Crippen LogP contribution in [0.5, 0.6) is 0 Å². The lowest BCUT2D eigenvalue weighted by atomic mass is 10.4. The van der Waals surface area contributed by atoms with E-state index in [0.717, 1.165) is 5.69 Å². The molecule has 0 saturated carbocycles. The summed E-state index contributed by atoms with van der Waals surface area (Å²) in [6, 6.07) is 0.430. The highest BCUT2D eigenvalue weighted by Gasteiger charge is 2.02. The van der Waals surface area contributed by atoms with E-state index in [1.54, 1.807) is 6.33 Å². The van der Waals surface area contributed by atoms with E-state index in [1.165, 1.54) is 0 Å². The van der Waals surface area contributed by atoms with Crippen LogP contribution in [0.3, 0.4) is 0 Å². The van der Waals surface area contributed by atoms with Gasteiger partial charge < -0.3 is 4.57 Å². The Labute approximate surface area is 77.0 Å². The van der Waals surface area contributed by atoms with Crippen LogP contribution in [0.1, 0.15) is 25.6 Å². The first-order valence-electron chi connectivity index (χ1n) is 3.38. The molecule has 0 atom stereocenters. The second-order valence-electron chi connectivity index (χ2n) is 2.61. The lowest BCUT2D eigenvalue weighted by Crippen LogP contribution is -1.96. The molecular weight excluding hydrogens is 176 g/mol. The van der Waals surface area contributed by atoms with Gasteiger partial charge in [-0.1, -0.05) is 12.2 Å². The Bertz CT molecular complexity index is 265. The third-order valence-electron chi connectivity index (χ3n) is 1.42. The molecule has 0 aromatic carbocycles. The maximum absolute atomic E-state index is 4.85. The lowest BCUT2D eigenvalue weighted by molar-refractivity contribution is 0.599. The number of thiol groups is 1. The molecule has 60 valence electrons. The van der Waals surface area contributed by atoms with Crippen LogP contribution >= 0.6 is 24.8 Å². The molecule has 0 N–H and O–H groups in total. The number of thiocarbonyl (C=S) groups is 1. The fourth-order valence-corrected chi connectivity index (χ4v) is 0.950. The molecule has 0 spiro atoms. The normalized spacial score (nSPS) is 10.5. The Morgan fingerprint density at radius 3 is 2.64 bits per heavy atom. The fourth-order valence-electron chi connectivity index (χ4n) is 0.730. The lowest BCUT2D eigenvalue weighted by Gasteiger charge is -2.03. The summed E-state index contributed by atoms with van der Waals surface area (Å²) >= 11 is 8.88. The van der Waals surface area contributed by atoms with E-state index in [0.29, 0.717) is 10.2 Å². The van der Waals surface area contributed by atoms with E-state index < -0.39 is 0 Å². The summed E-state index contributed by atoms with van der Waals surface area (Å²) in [5.41, 5.74) is 0.775. The quantitative estimate of drug-likeness (QED) is 0.563. The fraction of sp³-hybridized carbons (Fsp3) is 0.429. The molecule has 0 aliphatic carbocycles. The molecule has 0 amide bonds. The first-order chi connectivity index (χ1) is 5.11. The summed E-state index contributed by atoms with van der Waals surface area (Å²) in [6.45, 7) is 4.18. The van der Waals surface area contributed by atoms with Gasteiger partial charge in [0.15, 0.2) is 0 Å². The van der Waals surface area contributed by atoms with E-state index in [1.807, 2.05) is 10.8 Å². The van der Waals surface area contributed by atoms with Gasteiger partial charge >= 0.3 is 0 Å². The predicted molar refractivity (Wildman–Crippen MR) is 53.3 cm³/mol. The van der Waals surface area contributed by atoms with Crippen molar-refractivity contribution in [2.24, 2.45) is 0 Å². The Hall–Kier alpha value is -0.350. The molecule has 0 fully saturated rings. The molecule has 0 radical (unpaired) electrons. The van der Waals surface area contributed by atoms with Crippen molar-refractivity contribution >= 4 is 29.0 Å². The SMILES string of the molecule is CC(C)n1cnc(C(=S)S)c1. The van der Waals surface area contributed by atoms with Crippen molar-refractivity contribution in [1.29, 1.82) is 0 Å². The number of hydrogen-bond donors (Lipinski definition) is 1. The molecular formula is C7H10N2S2. The van der Waals surface area contributed by atoms with Crippen molar-refractivity contribution in [1.82, 2.24) is 9.55 Å². The van der Waals surface area contributed by atoms with E-state index >= 15 is 0 Å². The van der Waals surface area contributed by atoms with Gasteiger partial charge in [-0.2, -0.15) is 0 Å². The standard InChI is InChI=1S/C7H10N2S2/c1-5(2)9-3-6(7(10)11)8-4-9/h3-5H,1-2H3,(H,10,11). The van der Waals surface area contributed by atoms with Gasteiger partial charge in [-0.25, -0.2) is 4.98 Å². The minimum atomic E-state index is 0.430. The first-order valence-corrected chi connectivity index (χ1v) is 4.23. The number of nitrogens with zero attached hydrogens (tertiary/aromatic N) is 2. The Morgan fingerprint density at radius 1 is 1.73 bits per heavy atom. The number of hydrogen-bond acceptors (Lipinski definition) is 2. The molecule has 0 aliphatic heterocycles. The summed E-state index contributed by atoms with van der Waals surface area (Å²) in [7, 11) is 0. The molecule has 11 heavy (non-hydrogen) atoms. The Kier molecular flexibility index (Phi) is 2.67. The van der Waals surface area contributed by atoms with Crippen LogP contribution in [0.15, 0.2) is 12.5 Å². The molecule has 0 saturated heterocycles. The van der Waals surface area contributed by atoms with Crippen molar-refractivity contribution in [3.63, 3.8) is 0 Å². The minimum absolute atomic E-state index is 0.430. The van der Waals surface area contributed by atoms with Crippen molar-refractivity contribution in [3.05, 3.63) is 18.2 Å². The maximum Gasteiger partial charge on any atom is 0.105 e. The summed E-state index contributed by atoms with van der Waals surface area (Å²) in [6.07, 6.45) is 3.67. The van der Waals surface area contributed by atoms with Gasteiger partial charge in [-0.15, -0.1) is 12.6 Å². The van der Waals surface area contributed by atoms with Crippen LogP contribution in [0.4, 0.5) is 0 Å². The van der Waals surface area contributed by atoms with Gasteiger partial charge in [0.05, 0.1) is 10.5 Å². The van der Waals surface area contributed by atoms with Gasteiger partial charge in [0.2, 0.25) is 0 Å². The van der Waals surface area contributed by atoms with Gasteiger partial charge in [0.1, 0.15) is 5.69 Å². The molecule has 1 rings (SSSR count). The molecule has 1 heterocycles. The zero-order valence-corrected chi connectivity index (χ0v) is 8.19. The third-order valence-corrected chi connectivity index (χ3v) is 1.86. The maximum atomic E-state index is 4.85. The third kappa shape index (κ3) is 2.04. The monoisotopic (exact) mass is 186 g/mol. The van der Waals surface area contributed by atoms with Gasteiger partial charge in [-0.05, 0) is 13.8 Å². The Balaban J connectivity index is 2.90. The molecule has 1 aromatic heterocycles. The van der Waals surface area contributed by atoms with E-state index in [-0.39, 0.29) is 0 Å². The van der Waals surface area contributed by atoms with Crippen LogP contribution in [0.2, 0.25) is 0 Å². The molecule has 0 aliphatic rings. The van der Waals surface area contributed by atoms with E-state index in [2.05, 4.69) is 31.5 Å². The average Bonchev–Trinajstić information content (AvgIpc) is 2.33. The first kappa shape index (κ1) is 8.74. The molecule has 0 bridgehead atoms. The minimum Gasteiger partial charge on any atom is -0.334 e. The molecule has 1 aromatic rings. The predicted octanol–water partition coefficient (Wildman–Crippen LogP) is 2.07. The van der Waals surface area contributed by atoms with Crippen LogP contribution < -0.4 is 0 Å². The second kappa shape index (κ2) is 3.36. The number of aromatic nitrogens is 2. The highest BCUT2D eigenvalue weighted by atomic mass is 32.1. The number of imidazole rings is 1. The second-order valence-corrected chi connectivity index (χ2v) is 3.76.